The lowest BCUT2D eigenvalue weighted by molar-refractivity contribution is 0.283. The van der Waals surface area contributed by atoms with Crippen molar-refractivity contribution in [3.63, 3.8) is 0 Å². The average Bonchev–Trinajstić information content (AvgIpc) is 2.54. The van der Waals surface area contributed by atoms with Crippen LogP contribution in [0.5, 0.6) is 0 Å². The van der Waals surface area contributed by atoms with Crippen molar-refractivity contribution < 1.29 is 0 Å². The molecule has 16 heavy (non-hydrogen) atoms. The fraction of sp³-hybridized carbons (Fsp3) is 0.769. The molecule has 0 bridgehead atoms. The highest BCUT2D eigenvalue weighted by Crippen LogP contribution is 2.18. The number of aromatic nitrogens is 2. The first-order chi connectivity index (χ1) is 7.34. The van der Waals surface area contributed by atoms with Crippen molar-refractivity contribution in [3.05, 3.63) is 17.5 Å². The second-order valence-electron chi connectivity index (χ2n) is 5.57. The maximum atomic E-state index is 4.45. The Morgan fingerprint density at radius 2 is 2.06 bits per heavy atom. The van der Waals surface area contributed by atoms with Gasteiger partial charge in [0.1, 0.15) is 0 Å². The van der Waals surface area contributed by atoms with E-state index in [2.05, 4.69) is 51.1 Å². The van der Waals surface area contributed by atoms with Gasteiger partial charge < -0.3 is 5.32 Å². The molecule has 0 saturated heterocycles. The van der Waals surface area contributed by atoms with Gasteiger partial charge >= 0.3 is 0 Å². The molecule has 1 atom stereocenters. The van der Waals surface area contributed by atoms with Crippen LogP contribution in [-0.2, 0) is 20.0 Å². The van der Waals surface area contributed by atoms with Gasteiger partial charge in [0.25, 0.3) is 0 Å². The lowest BCUT2D eigenvalue weighted by Crippen LogP contribution is -2.37. The summed E-state index contributed by atoms with van der Waals surface area (Å²) in [4.78, 5) is 0. The predicted molar refractivity (Wildman–Crippen MR) is 68.3 cm³/mol. The van der Waals surface area contributed by atoms with Gasteiger partial charge in [-0.25, -0.2) is 0 Å². The highest BCUT2D eigenvalue weighted by molar-refractivity contribution is 5.10. The zero-order chi connectivity index (χ0) is 12.3. The summed E-state index contributed by atoms with van der Waals surface area (Å²) in [5.41, 5.74) is 2.72. The normalized spacial score (nSPS) is 14.1. The molecule has 92 valence electrons. The van der Waals surface area contributed by atoms with E-state index in [9.17, 15) is 0 Å². The molecule has 1 aromatic heterocycles. The zero-order valence-corrected chi connectivity index (χ0v) is 11.5. The van der Waals surface area contributed by atoms with Gasteiger partial charge in [-0.1, -0.05) is 27.7 Å². The third-order valence-corrected chi connectivity index (χ3v) is 3.28. The largest absolute Gasteiger partial charge is 0.308 e. The Balaban J connectivity index is 2.57. The van der Waals surface area contributed by atoms with E-state index in [4.69, 9.17) is 0 Å². The number of hydrogen-bond acceptors (Lipinski definition) is 2. The molecule has 1 aromatic rings. The predicted octanol–water partition coefficient (Wildman–Crippen LogP) is 2.51. The minimum Gasteiger partial charge on any atom is -0.308 e. The number of rotatable bonds is 4. The van der Waals surface area contributed by atoms with Crippen LogP contribution in [0.4, 0.5) is 0 Å². The van der Waals surface area contributed by atoms with Gasteiger partial charge in [-0.3, -0.25) is 4.68 Å². The Morgan fingerprint density at radius 3 is 2.50 bits per heavy atom. The number of aryl methyl sites for hydroxylation is 2. The molecule has 0 aliphatic rings. The monoisotopic (exact) mass is 223 g/mol. The number of hydrogen-bond donors (Lipinski definition) is 1. The molecule has 1 N–H and O–H groups in total. The van der Waals surface area contributed by atoms with Gasteiger partial charge in [-0.2, -0.15) is 5.10 Å². The maximum Gasteiger partial charge on any atom is 0.0625 e. The molecule has 0 fully saturated rings. The van der Waals surface area contributed by atoms with Crippen molar-refractivity contribution in [2.75, 3.05) is 0 Å². The van der Waals surface area contributed by atoms with Gasteiger partial charge in [-0.05, 0) is 24.8 Å². The summed E-state index contributed by atoms with van der Waals surface area (Å²) in [6, 6.07) is 2.68. The second kappa shape index (κ2) is 5.00. The standard InChI is InChI=1S/C13H25N3/c1-7-11-8-12(16(6)15-11)9-14-10(2)13(3,4)5/h8,10,14H,7,9H2,1-6H3. The molecule has 0 aliphatic carbocycles. The van der Waals surface area contributed by atoms with E-state index in [0.717, 1.165) is 13.0 Å². The summed E-state index contributed by atoms with van der Waals surface area (Å²) in [6.45, 7) is 12.0. The molecule has 0 amide bonds. The fourth-order valence-corrected chi connectivity index (χ4v) is 1.47. The lowest BCUT2D eigenvalue weighted by atomic mass is 9.88. The van der Waals surface area contributed by atoms with E-state index in [1.165, 1.54) is 11.4 Å². The van der Waals surface area contributed by atoms with Gasteiger partial charge in [0.15, 0.2) is 0 Å². The second-order valence-corrected chi connectivity index (χ2v) is 5.57. The number of nitrogens with zero attached hydrogens (tertiary/aromatic N) is 2. The van der Waals surface area contributed by atoms with E-state index >= 15 is 0 Å². The maximum absolute atomic E-state index is 4.45. The van der Waals surface area contributed by atoms with Crippen LogP contribution in [0.3, 0.4) is 0 Å². The topological polar surface area (TPSA) is 29.9 Å². The van der Waals surface area contributed by atoms with Crippen molar-refractivity contribution in [2.45, 2.75) is 53.6 Å². The molecule has 0 aromatic carbocycles. The highest BCUT2D eigenvalue weighted by Gasteiger charge is 2.19. The van der Waals surface area contributed by atoms with E-state index in [0.29, 0.717) is 11.5 Å². The van der Waals surface area contributed by atoms with Gasteiger partial charge in [-0.15, -0.1) is 0 Å². The minimum atomic E-state index is 0.298. The summed E-state index contributed by atoms with van der Waals surface area (Å²) in [5.74, 6) is 0. The first-order valence-electron chi connectivity index (χ1n) is 6.09. The molecule has 1 unspecified atom stereocenters. The smallest absolute Gasteiger partial charge is 0.0625 e. The third-order valence-electron chi connectivity index (χ3n) is 3.28. The van der Waals surface area contributed by atoms with Crippen molar-refractivity contribution in [1.82, 2.24) is 15.1 Å². The Kier molecular flexibility index (Phi) is 4.14. The van der Waals surface area contributed by atoms with E-state index < -0.39 is 0 Å². The van der Waals surface area contributed by atoms with Crippen molar-refractivity contribution in [1.29, 1.82) is 0 Å². The van der Waals surface area contributed by atoms with Crippen molar-refractivity contribution in [2.24, 2.45) is 12.5 Å². The lowest BCUT2D eigenvalue weighted by Gasteiger charge is -2.28. The minimum absolute atomic E-state index is 0.298. The summed E-state index contributed by atoms with van der Waals surface area (Å²) in [7, 11) is 2.01. The van der Waals surface area contributed by atoms with Crippen LogP contribution in [-0.4, -0.2) is 15.8 Å². The Bertz CT molecular complexity index is 333. The Morgan fingerprint density at radius 1 is 1.44 bits per heavy atom. The van der Waals surface area contributed by atoms with Gasteiger partial charge in [0.05, 0.1) is 11.4 Å². The van der Waals surface area contributed by atoms with E-state index in [1.807, 2.05) is 11.7 Å². The summed E-state index contributed by atoms with van der Waals surface area (Å²) < 4.78 is 1.97. The number of nitrogens with one attached hydrogen (secondary N) is 1. The first-order valence-corrected chi connectivity index (χ1v) is 6.09. The van der Waals surface area contributed by atoms with Crippen LogP contribution >= 0.6 is 0 Å². The van der Waals surface area contributed by atoms with Crippen LogP contribution in [0.15, 0.2) is 6.07 Å². The molecule has 3 heteroatoms. The van der Waals surface area contributed by atoms with E-state index in [1.54, 1.807) is 0 Å². The average molecular weight is 223 g/mol. The molecule has 1 rings (SSSR count). The van der Waals surface area contributed by atoms with E-state index in [-0.39, 0.29) is 0 Å². The molecule has 3 nitrogen and oxygen atoms in total. The molecular formula is C13H25N3. The van der Waals surface area contributed by atoms with Crippen LogP contribution < -0.4 is 5.32 Å². The molecule has 0 spiro atoms. The van der Waals surface area contributed by atoms with Crippen molar-refractivity contribution in [3.8, 4) is 0 Å². The summed E-state index contributed by atoms with van der Waals surface area (Å²) in [6.07, 6.45) is 1.00. The van der Waals surface area contributed by atoms with Crippen LogP contribution in [0.1, 0.15) is 46.0 Å². The van der Waals surface area contributed by atoms with Gasteiger partial charge in [0, 0.05) is 19.6 Å². The molecule has 1 heterocycles. The molecule has 0 aliphatic heterocycles. The van der Waals surface area contributed by atoms with Gasteiger partial charge in [0.2, 0.25) is 0 Å². The SMILES string of the molecule is CCc1cc(CNC(C)C(C)(C)C)n(C)n1. The highest BCUT2D eigenvalue weighted by atomic mass is 15.3. The summed E-state index contributed by atoms with van der Waals surface area (Å²) >= 11 is 0. The molecule has 0 saturated carbocycles. The summed E-state index contributed by atoms with van der Waals surface area (Å²) in [5, 5.41) is 8.00. The first kappa shape index (κ1) is 13.2. The quantitative estimate of drug-likeness (QED) is 0.850. The molecular weight excluding hydrogens is 198 g/mol. The fourth-order valence-electron chi connectivity index (χ4n) is 1.47. The third kappa shape index (κ3) is 3.34. The molecule has 0 radical (unpaired) electrons. The van der Waals surface area contributed by atoms with Crippen LogP contribution in [0.2, 0.25) is 0 Å². The Hall–Kier alpha value is -0.830. The van der Waals surface area contributed by atoms with Crippen LogP contribution in [0.25, 0.3) is 0 Å². The van der Waals surface area contributed by atoms with Crippen LogP contribution in [0, 0.1) is 5.41 Å². The van der Waals surface area contributed by atoms with Crippen molar-refractivity contribution >= 4 is 0 Å². The Labute approximate surface area is 99.2 Å². The zero-order valence-electron chi connectivity index (χ0n) is 11.5.